The van der Waals surface area contributed by atoms with Gasteiger partial charge >= 0.3 is 0 Å². The van der Waals surface area contributed by atoms with E-state index < -0.39 is 0 Å². The van der Waals surface area contributed by atoms with Crippen LogP contribution in [0.2, 0.25) is 0 Å². The van der Waals surface area contributed by atoms with Crippen molar-refractivity contribution >= 4 is 33.5 Å². The highest BCUT2D eigenvalue weighted by Gasteiger charge is 2.11. The number of hydrogen-bond acceptors (Lipinski definition) is 8. The average molecular weight is 304 g/mol. The van der Waals surface area contributed by atoms with Crippen LogP contribution in [-0.4, -0.2) is 26.5 Å². The number of fused-ring (bicyclic) bond motifs is 1. The van der Waals surface area contributed by atoms with Gasteiger partial charge < -0.3 is 15.5 Å². The zero-order chi connectivity index (χ0) is 14.8. The fourth-order valence-electron chi connectivity index (χ4n) is 2.07. The topological polar surface area (TPSA) is 103 Å². The number of aryl methyl sites for hydroxylation is 3. The van der Waals surface area contributed by atoms with E-state index in [0.29, 0.717) is 33.9 Å². The van der Waals surface area contributed by atoms with Crippen molar-refractivity contribution in [2.75, 3.05) is 17.6 Å². The summed E-state index contributed by atoms with van der Waals surface area (Å²) in [6.45, 7) is 4.41. The molecule has 0 aromatic carbocycles. The van der Waals surface area contributed by atoms with Gasteiger partial charge in [-0.3, -0.25) is 0 Å². The van der Waals surface area contributed by atoms with E-state index in [1.54, 1.807) is 6.92 Å². The zero-order valence-electron chi connectivity index (χ0n) is 11.9. The van der Waals surface area contributed by atoms with E-state index in [1.165, 1.54) is 11.3 Å². The van der Waals surface area contributed by atoms with Crippen LogP contribution >= 0.6 is 11.3 Å². The number of thiazole rings is 1. The highest BCUT2D eigenvalue weighted by molar-refractivity contribution is 7.13. The molecule has 0 bridgehead atoms. The van der Waals surface area contributed by atoms with Gasteiger partial charge in [-0.05, 0) is 19.8 Å². The minimum Gasteiger partial charge on any atom is -0.422 e. The van der Waals surface area contributed by atoms with Gasteiger partial charge in [0.2, 0.25) is 0 Å². The first-order chi connectivity index (χ1) is 10.1. The van der Waals surface area contributed by atoms with Gasteiger partial charge in [0.25, 0.3) is 5.71 Å². The molecule has 0 unspecified atom stereocenters. The van der Waals surface area contributed by atoms with Gasteiger partial charge in [0.15, 0.2) is 22.4 Å². The lowest BCUT2D eigenvalue weighted by Gasteiger charge is -2.05. The Bertz CT molecular complexity index is 765. The molecule has 0 saturated heterocycles. The number of nitrogens with one attached hydrogen (secondary N) is 1. The molecule has 0 fully saturated rings. The van der Waals surface area contributed by atoms with Crippen LogP contribution in [0.3, 0.4) is 0 Å². The van der Waals surface area contributed by atoms with Crippen molar-refractivity contribution in [3.05, 3.63) is 22.8 Å². The molecule has 3 aromatic heterocycles. The number of aromatic nitrogens is 4. The number of hydrogen-bond donors (Lipinski definition) is 2. The molecule has 0 atom stereocenters. The van der Waals surface area contributed by atoms with Crippen molar-refractivity contribution in [3.8, 4) is 0 Å². The predicted octanol–water partition coefficient (Wildman–Crippen LogP) is 2.32. The predicted molar refractivity (Wildman–Crippen MR) is 82.4 cm³/mol. The summed E-state index contributed by atoms with van der Waals surface area (Å²) in [5.41, 5.74) is 7.84. The summed E-state index contributed by atoms with van der Waals surface area (Å²) in [5.74, 6) is 1.96. The first-order valence-electron chi connectivity index (χ1n) is 6.67. The van der Waals surface area contributed by atoms with Crippen molar-refractivity contribution in [1.29, 1.82) is 0 Å². The lowest BCUT2D eigenvalue weighted by atomic mass is 10.2. The normalized spacial score (nSPS) is 11.1. The molecular formula is C13H16N6OS. The lowest BCUT2D eigenvalue weighted by Crippen LogP contribution is -2.06. The fraction of sp³-hybridized carbons (Fsp3) is 0.385. The van der Waals surface area contributed by atoms with Crippen LogP contribution in [0.5, 0.6) is 0 Å². The summed E-state index contributed by atoms with van der Waals surface area (Å²) in [6, 6.07) is 0. The van der Waals surface area contributed by atoms with Crippen LogP contribution in [0, 0.1) is 13.8 Å². The highest BCUT2D eigenvalue weighted by atomic mass is 32.1. The summed E-state index contributed by atoms with van der Waals surface area (Å²) < 4.78 is 5.44. The number of nitrogen functional groups attached to an aromatic ring is 1. The molecule has 3 N–H and O–H groups in total. The molecule has 0 spiro atoms. The molecule has 21 heavy (non-hydrogen) atoms. The minimum absolute atomic E-state index is 0.523. The number of rotatable bonds is 5. The summed E-state index contributed by atoms with van der Waals surface area (Å²) in [5, 5.41) is 5.89. The number of anilines is 2. The van der Waals surface area contributed by atoms with Crippen molar-refractivity contribution in [2.45, 2.75) is 26.7 Å². The first-order valence-corrected chi connectivity index (χ1v) is 7.55. The Kier molecular flexibility index (Phi) is 3.70. The molecule has 110 valence electrons. The molecule has 8 heteroatoms. The van der Waals surface area contributed by atoms with Crippen LogP contribution in [0.1, 0.15) is 23.8 Å². The Labute approximate surface area is 125 Å². The third kappa shape index (κ3) is 3.10. The van der Waals surface area contributed by atoms with E-state index in [1.807, 2.05) is 12.3 Å². The van der Waals surface area contributed by atoms with Crippen molar-refractivity contribution < 1.29 is 4.42 Å². The molecule has 3 aromatic rings. The van der Waals surface area contributed by atoms with Crippen molar-refractivity contribution in [1.82, 2.24) is 19.9 Å². The Balaban J connectivity index is 1.65. The first kappa shape index (κ1) is 13.7. The third-order valence-electron chi connectivity index (χ3n) is 2.95. The Morgan fingerprint density at radius 1 is 1.24 bits per heavy atom. The maximum absolute atomic E-state index is 5.61. The van der Waals surface area contributed by atoms with Crippen molar-refractivity contribution in [3.63, 3.8) is 0 Å². The molecule has 0 aliphatic heterocycles. The second kappa shape index (κ2) is 5.65. The molecular weight excluding hydrogens is 288 g/mol. The van der Waals surface area contributed by atoms with E-state index in [2.05, 4.69) is 25.3 Å². The van der Waals surface area contributed by atoms with Gasteiger partial charge in [-0.25, -0.2) is 15.0 Å². The van der Waals surface area contributed by atoms with Gasteiger partial charge in [0.1, 0.15) is 5.82 Å². The lowest BCUT2D eigenvalue weighted by molar-refractivity contribution is 0.550. The Morgan fingerprint density at radius 3 is 2.86 bits per heavy atom. The third-order valence-corrected chi connectivity index (χ3v) is 3.67. The van der Waals surface area contributed by atoms with E-state index >= 15 is 0 Å². The number of nitrogens with two attached hydrogens (primary N) is 1. The molecule has 3 rings (SSSR count). The second-order valence-electron chi connectivity index (χ2n) is 4.71. The second-order valence-corrected chi connectivity index (χ2v) is 5.60. The van der Waals surface area contributed by atoms with Gasteiger partial charge in [-0.2, -0.15) is 4.98 Å². The molecule has 0 saturated carbocycles. The van der Waals surface area contributed by atoms with Crippen LogP contribution in [-0.2, 0) is 6.42 Å². The van der Waals surface area contributed by atoms with Crippen LogP contribution < -0.4 is 11.1 Å². The molecule has 3 heterocycles. The van der Waals surface area contributed by atoms with Crippen LogP contribution in [0.25, 0.3) is 11.2 Å². The highest BCUT2D eigenvalue weighted by Crippen LogP contribution is 2.20. The summed E-state index contributed by atoms with van der Waals surface area (Å²) >= 11 is 1.47. The van der Waals surface area contributed by atoms with Gasteiger partial charge in [-0.15, -0.1) is 11.3 Å². The average Bonchev–Trinajstić information content (AvgIpc) is 2.99. The number of nitrogens with zero attached hydrogens (tertiary/aromatic N) is 4. The van der Waals surface area contributed by atoms with Crippen LogP contribution in [0.4, 0.5) is 10.9 Å². The summed E-state index contributed by atoms with van der Waals surface area (Å²) in [7, 11) is 0. The molecule has 0 amide bonds. The largest absolute Gasteiger partial charge is 0.422 e. The summed E-state index contributed by atoms with van der Waals surface area (Å²) in [6.07, 6.45) is 1.82. The van der Waals surface area contributed by atoms with Gasteiger partial charge in [0, 0.05) is 18.8 Å². The maximum atomic E-state index is 5.61. The zero-order valence-corrected chi connectivity index (χ0v) is 12.7. The SMILES string of the molecule is Cc1nc(NCCCc2csc(N)n2)c2nc(C)oc2n1. The standard InChI is InChI=1S/C13H16N6OS/c1-7-16-11(10-12(17-7)20-8(2)18-10)15-5-3-4-9-6-21-13(14)19-9/h6H,3-5H2,1-2H3,(H2,14,19)(H,15,16,17). The minimum atomic E-state index is 0.523. The Hall–Kier alpha value is -2.22. The van der Waals surface area contributed by atoms with E-state index in [4.69, 9.17) is 10.2 Å². The Morgan fingerprint density at radius 2 is 2.10 bits per heavy atom. The van der Waals surface area contributed by atoms with Gasteiger partial charge in [-0.1, -0.05) is 0 Å². The fourth-order valence-corrected chi connectivity index (χ4v) is 2.67. The molecule has 0 aliphatic rings. The maximum Gasteiger partial charge on any atom is 0.252 e. The van der Waals surface area contributed by atoms with Crippen molar-refractivity contribution in [2.24, 2.45) is 0 Å². The smallest absolute Gasteiger partial charge is 0.252 e. The quantitative estimate of drug-likeness (QED) is 0.697. The van der Waals surface area contributed by atoms with Gasteiger partial charge in [0.05, 0.1) is 5.69 Å². The number of oxazole rings is 1. The molecule has 7 nitrogen and oxygen atoms in total. The summed E-state index contributed by atoms with van der Waals surface area (Å²) in [4.78, 5) is 17.2. The van der Waals surface area contributed by atoms with E-state index in [9.17, 15) is 0 Å². The monoisotopic (exact) mass is 304 g/mol. The molecule has 0 aliphatic carbocycles. The molecule has 0 radical (unpaired) electrons. The van der Waals surface area contributed by atoms with E-state index in [0.717, 1.165) is 25.1 Å². The van der Waals surface area contributed by atoms with E-state index in [-0.39, 0.29) is 0 Å². The van der Waals surface area contributed by atoms with Crippen LogP contribution in [0.15, 0.2) is 9.80 Å².